The van der Waals surface area contributed by atoms with Gasteiger partial charge in [0, 0.05) is 0 Å². The van der Waals surface area contributed by atoms with Gasteiger partial charge < -0.3 is 5.11 Å². The Balaban J connectivity index is 3.71. The van der Waals surface area contributed by atoms with Gasteiger partial charge in [0.1, 0.15) is 0 Å². The summed E-state index contributed by atoms with van der Waals surface area (Å²) in [5, 5.41) is 9.73. The minimum atomic E-state index is -0.580. The van der Waals surface area contributed by atoms with Gasteiger partial charge >= 0.3 is 5.97 Å². The average Bonchev–Trinajstić information content (AvgIpc) is 2.64. The zero-order valence-corrected chi connectivity index (χ0v) is 18.5. The first kappa shape index (κ1) is 25.5. The molecule has 2 heteroatoms. The van der Waals surface area contributed by atoms with Crippen LogP contribution in [0.4, 0.5) is 0 Å². The third kappa shape index (κ3) is 9.97. The highest BCUT2D eigenvalue weighted by atomic mass is 16.4. The quantitative estimate of drug-likeness (QED) is 0.232. The predicted molar refractivity (Wildman–Crippen MR) is 115 cm³/mol. The molecule has 0 aromatic rings. The van der Waals surface area contributed by atoms with Crippen molar-refractivity contribution in [3.63, 3.8) is 0 Å². The van der Waals surface area contributed by atoms with Crippen molar-refractivity contribution in [3.05, 3.63) is 0 Å². The Morgan fingerprint density at radius 2 is 1.08 bits per heavy atom. The van der Waals surface area contributed by atoms with Crippen molar-refractivity contribution in [1.29, 1.82) is 0 Å². The molecule has 0 saturated heterocycles. The molecule has 156 valence electrons. The minimum Gasteiger partial charge on any atom is -0.481 e. The zero-order valence-electron chi connectivity index (χ0n) is 18.5. The number of carbonyl (C=O) groups is 1. The van der Waals surface area contributed by atoms with Gasteiger partial charge in [0.05, 0.1) is 5.41 Å². The van der Waals surface area contributed by atoms with Crippen molar-refractivity contribution in [2.24, 2.45) is 11.3 Å². The lowest BCUT2D eigenvalue weighted by Crippen LogP contribution is -2.37. The molecule has 0 aliphatic carbocycles. The van der Waals surface area contributed by atoms with Crippen LogP contribution >= 0.6 is 0 Å². The van der Waals surface area contributed by atoms with Crippen LogP contribution < -0.4 is 0 Å². The van der Waals surface area contributed by atoms with Crippen LogP contribution in [0, 0.1) is 11.3 Å². The van der Waals surface area contributed by atoms with E-state index in [0.717, 1.165) is 25.7 Å². The minimum absolute atomic E-state index is 0.336. The summed E-state index contributed by atoms with van der Waals surface area (Å²) in [6.45, 7) is 8.53. The molecule has 0 bridgehead atoms. The molecule has 0 amide bonds. The summed E-state index contributed by atoms with van der Waals surface area (Å²) in [6, 6.07) is 0. The molecule has 0 rings (SSSR count). The van der Waals surface area contributed by atoms with Gasteiger partial charge in [-0.25, -0.2) is 0 Å². The Bertz CT molecular complexity index is 320. The number of hydrogen-bond donors (Lipinski definition) is 1. The lowest BCUT2D eigenvalue weighted by molar-refractivity contribution is -0.153. The molecule has 0 aliphatic rings. The van der Waals surface area contributed by atoms with Crippen molar-refractivity contribution in [2.75, 3.05) is 0 Å². The fourth-order valence-electron chi connectivity index (χ4n) is 4.58. The van der Waals surface area contributed by atoms with Gasteiger partial charge in [0.15, 0.2) is 0 Å². The average molecular weight is 369 g/mol. The first-order valence-electron chi connectivity index (χ1n) is 11.8. The second-order valence-electron chi connectivity index (χ2n) is 8.30. The topological polar surface area (TPSA) is 37.3 Å². The van der Waals surface area contributed by atoms with Crippen LogP contribution in [0.3, 0.4) is 0 Å². The molecule has 0 heterocycles. The maximum absolute atomic E-state index is 11.8. The van der Waals surface area contributed by atoms with E-state index in [9.17, 15) is 9.90 Å². The Labute approximate surface area is 164 Å². The molecule has 1 N–H and O–H groups in total. The molecule has 0 spiro atoms. The second-order valence-corrected chi connectivity index (χ2v) is 8.30. The van der Waals surface area contributed by atoms with Crippen LogP contribution in [0.25, 0.3) is 0 Å². The monoisotopic (exact) mass is 368 g/mol. The summed E-state index contributed by atoms with van der Waals surface area (Å²) in [4.78, 5) is 11.8. The highest BCUT2D eigenvalue weighted by molar-refractivity contribution is 5.74. The van der Waals surface area contributed by atoms with E-state index in [1.165, 1.54) is 83.5 Å². The molecule has 0 saturated carbocycles. The fraction of sp³-hybridized carbons (Fsp3) is 0.958. The Morgan fingerprint density at radius 3 is 1.38 bits per heavy atom. The summed E-state index contributed by atoms with van der Waals surface area (Å²) in [5.74, 6) is -0.244. The second kappa shape index (κ2) is 16.6. The largest absolute Gasteiger partial charge is 0.481 e. The van der Waals surface area contributed by atoms with E-state index in [0.29, 0.717) is 5.92 Å². The molecule has 0 aromatic heterocycles. The van der Waals surface area contributed by atoms with Crippen molar-refractivity contribution in [3.8, 4) is 0 Å². The van der Waals surface area contributed by atoms with Crippen LogP contribution in [0.15, 0.2) is 0 Å². The van der Waals surface area contributed by atoms with Gasteiger partial charge in [0.2, 0.25) is 0 Å². The van der Waals surface area contributed by atoms with Crippen LogP contribution in [0.5, 0.6) is 0 Å². The standard InChI is InChI=1S/C24H48O2/c1-5-9-10-11-12-13-14-15-16-17-18-19-20-21-22(6-2)24(7-3,8-4)23(25)26/h22H,5-21H2,1-4H3,(H,25,26). The Kier molecular flexibility index (Phi) is 16.3. The number of aliphatic carboxylic acids is 1. The normalized spacial score (nSPS) is 13.1. The summed E-state index contributed by atoms with van der Waals surface area (Å²) in [5.41, 5.74) is -0.494. The van der Waals surface area contributed by atoms with Crippen molar-refractivity contribution in [1.82, 2.24) is 0 Å². The van der Waals surface area contributed by atoms with Gasteiger partial charge in [-0.15, -0.1) is 0 Å². The Morgan fingerprint density at radius 1 is 0.692 bits per heavy atom. The number of carboxylic acid groups (broad SMARTS) is 1. The van der Waals surface area contributed by atoms with Gasteiger partial charge in [-0.1, -0.05) is 118 Å². The lowest BCUT2D eigenvalue weighted by atomic mass is 9.68. The smallest absolute Gasteiger partial charge is 0.309 e. The van der Waals surface area contributed by atoms with E-state index in [4.69, 9.17) is 0 Å². The highest BCUT2D eigenvalue weighted by Gasteiger charge is 2.41. The van der Waals surface area contributed by atoms with E-state index >= 15 is 0 Å². The molecule has 26 heavy (non-hydrogen) atoms. The summed E-state index contributed by atoms with van der Waals surface area (Å²) < 4.78 is 0. The van der Waals surface area contributed by atoms with E-state index in [-0.39, 0.29) is 0 Å². The molecule has 0 radical (unpaired) electrons. The summed E-state index contributed by atoms with van der Waals surface area (Å²) in [7, 11) is 0. The van der Waals surface area contributed by atoms with Crippen molar-refractivity contribution < 1.29 is 9.90 Å². The van der Waals surface area contributed by atoms with Crippen molar-refractivity contribution >= 4 is 5.97 Å². The van der Waals surface area contributed by atoms with Gasteiger partial charge in [-0.2, -0.15) is 0 Å². The molecule has 0 aliphatic heterocycles. The molecule has 0 fully saturated rings. The molecule has 1 unspecified atom stereocenters. The Hall–Kier alpha value is -0.530. The number of hydrogen-bond acceptors (Lipinski definition) is 1. The van der Waals surface area contributed by atoms with Crippen LogP contribution in [0.1, 0.15) is 137 Å². The third-order valence-corrected chi connectivity index (χ3v) is 6.62. The molecule has 2 nitrogen and oxygen atoms in total. The molecule has 0 aromatic carbocycles. The zero-order chi connectivity index (χ0) is 19.7. The van der Waals surface area contributed by atoms with Gasteiger partial charge in [-0.05, 0) is 25.2 Å². The van der Waals surface area contributed by atoms with E-state index in [1.54, 1.807) is 0 Å². The first-order chi connectivity index (χ1) is 12.6. The SMILES string of the molecule is CCCCCCCCCCCCCCCC(CC)C(CC)(CC)C(=O)O. The summed E-state index contributed by atoms with van der Waals surface area (Å²) >= 11 is 0. The third-order valence-electron chi connectivity index (χ3n) is 6.62. The van der Waals surface area contributed by atoms with Crippen LogP contribution in [0.2, 0.25) is 0 Å². The van der Waals surface area contributed by atoms with Gasteiger partial charge in [-0.3, -0.25) is 4.79 Å². The lowest BCUT2D eigenvalue weighted by Gasteiger charge is -2.35. The van der Waals surface area contributed by atoms with E-state index in [1.807, 2.05) is 13.8 Å². The van der Waals surface area contributed by atoms with Crippen molar-refractivity contribution in [2.45, 2.75) is 137 Å². The molecule has 1 atom stereocenters. The van der Waals surface area contributed by atoms with E-state index in [2.05, 4.69) is 13.8 Å². The maximum Gasteiger partial charge on any atom is 0.309 e. The number of rotatable bonds is 19. The number of unbranched alkanes of at least 4 members (excludes halogenated alkanes) is 12. The number of carboxylic acids is 1. The molecular weight excluding hydrogens is 320 g/mol. The fourth-order valence-corrected chi connectivity index (χ4v) is 4.58. The molecular formula is C24H48O2. The van der Waals surface area contributed by atoms with Gasteiger partial charge in [0.25, 0.3) is 0 Å². The van der Waals surface area contributed by atoms with Crippen LogP contribution in [-0.2, 0) is 4.79 Å². The first-order valence-corrected chi connectivity index (χ1v) is 11.8. The predicted octanol–water partition coefficient (Wildman–Crippen LogP) is 8.38. The van der Waals surface area contributed by atoms with E-state index < -0.39 is 11.4 Å². The highest BCUT2D eigenvalue weighted by Crippen LogP contribution is 2.40. The van der Waals surface area contributed by atoms with Crippen LogP contribution in [-0.4, -0.2) is 11.1 Å². The summed E-state index contributed by atoms with van der Waals surface area (Å²) in [6.07, 6.45) is 21.4. The maximum atomic E-state index is 11.8.